The lowest BCUT2D eigenvalue weighted by Crippen LogP contribution is -3.03. The Hall–Kier alpha value is -7.76. The van der Waals surface area contributed by atoms with E-state index in [2.05, 4.69) is 0 Å². The largest absolute Gasteiger partial charge is 0.595 e. The van der Waals surface area contributed by atoms with Gasteiger partial charge in [0.2, 0.25) is 5.70 Å². The number of esters is 8. The smallest absolute Gasteiger partial charge is 0.310 e. The zero-order valence-electron chi connectivity index (χ0n) is 40.4. The molecule has 2 N–H and O–H groups in total. The Bertz CT molecular complexity index is 2670. The second-order valence-electron chi connectivity index (χ2n) is 15.7. The summed E-state index contributed by atoms with van der Waals surface area (Å²) in [5.41, 5.74) is 0.592. The Balaban J connectivity index is 2.06. The minimum Gasteiger partial charge on any atom is -0.595 e. The fourth-order valence-electron chi connectivity index (χ4n) is 8.16. The SMILES string of the molecule is COC(=O)CCC1=C(CC(=O)OC)C2=NC1=CC1=NC(=C([NH+]([O-])O)C3=NC(=CC4=NC(=C2)C(CCC(=O)OC)=C4CC(=O)OC)C(CCC(=O)OC)=C3CC(=O)OC)C(CCC(=O)OC)=C1CC(=O)OC. The first-order valence-electron chi connectivity index (χ1n) is 21.9. The van der Waals surface area contributed by atoms with Crippen molar-refractivity contribution in [2.45, 2.75) is 77.0 Å². The summed E-state index contributed by atoms with van der Waals surface area (Å²) < 4.78 is 40.1. The number of carbonyl (C=O) groups excluding carboxylic acids is 8. The van der Waals surface area contributed by atoms with Crippen molar-refractivity contribution < 1.29 is 86.7 Å². The third kappa shape index (κ3) is 12.9. The number of carbonyl (C=O) groups is 8. The van der Waals surface area contributed by atoms with E-state index in [1.165, 1.54) is 53.8 Å². The highest BCUT2D eigenvalue weighted by atomic mass is 16.8. The van der Waals surface area contributed by atoms with Crippen molar-refractivity contribution in [1.82, 2.24) is 0 Å². The number of quaternary nitrogens is 1. The molecule has 1 unspecified atom stereocenters. The number of nitrogens with zero attached hydrogens (tertiary/aromatic N) is 4. The second kappa shape index (κ2) is 24.7. The number of ether oxygens (including phenoxy) is 8. The van der Waals surface area contributed by atoms with Crippen LogP contribution in [0, 0.1) is 5.21 Å². The van der Waals surface area contributed by atoms with Gasteiger partial charge in [-0.05, 0) is 82.9 Å². The molecule has 0 spiro atoms. The van der Waals surface area contributed by atoms with Crippen molar-refractivity contribution in [3.8, 4) is 0 Å². The van der Waals surface area contributed by atoms with Gasteiger partial charge >= 0.3 is 47.8 Å². The van der Waals surface area contributed by atoms with Gasteiger partial charge in [-0.25, -0.2) is 25.2 Å². The van der Waals surface area contributed by atoms with Crippen LogP contribution in [0.1, 0.15) is 77.0 Å². The normalized spacial score (nSPS) is 16.6. The van der Waals surface area contributed by atoms with Gasteiger partial charge in [-0.3, -0.25) is 38.4 Å². The van der Waals surface area contributed by atoms with Crippen LogP contribution in [0.15, 0.2) is 111 Å². The van der Waals surface area contributed by atoms with E-state index in [9.17, 15) is 48.8 Å². The summed E-state index contributed by atoms with van der Waals surface area (Å²) in [5, 5.41) is 23.7. The average Bonchev–Trinajstić information content (AvgIpc) is 4.06. The Labute approximate surface area is 406 Å². The second-order valence-corrected chi connectivity index (χ2v) is 15.7. The molecule has 8 bridgehead atoms. The number of hydrogen-bond acceptors (Lipinski definition) is 22. The van der Waals surface area contributed by atoms with Gasteiger partial charge in [0.15, 0.2) is 0 Å². The number of allylic oxidation sites excluding steroid dienone is 8. The first-order valence-corrected chi connectivity index (χ1v) is 21.9. The number of hydroxylamine groups is 2. The zero-order valence-corrected chi connectivity index (χ0v) is 40.4. The minimum atomic E-state index is -1.62. The quantitative estimate of drug-likeness (QED) is 0.0949. The number of hydrogen-bond donors (Lipinski definition) is 2. The average molecular weight is 988 g/mol. The summed E-state index contributed by atoms with van der Waals surface area (Å²) in [6.45, 7) is 0. The number of fused-ring (bicyclic) bond motifs is 4. The minimum absolute atomic E-state index is 0.00562. The maximum absolute atomic E-state index is 14.0. The fraction of sp³-hybridized carbons (Fsp3) is 0.417. The van der Waals surface area contributed by atoms with Gasteiger partial charge in [-0.1, -0.05) is 0 Å². The van der Waals surface area contributed by atoms with Crippen LogP contribution in [-0.4, -0.2) is 133 Å². The molecule has 5 heterocycles. The summed E-state index contributed by atoms with van der Waals surface area (Å²) in [6.07, 6.45) is 0.728. The molecular weight excluding hydrogens is 935 g/mol. The molecule has 23 heteroatoms. The molecule has 0 fully saturated rings. The van der Waals surface area contributed by atoms with Gasteiger partial charge in [0.25, 0.3) is 0 Å². The molecular formula is C48H53N5O18. The molecule has 0 amide bonds. The molecule has 0 radical (unpaired) electrons. The van der Waals surface area contributed by atoms with Crippen LogP contribution in [0.2, 0.25) is 0 Å². The van der Waals surface area contributed by atoms with Crippen LogP contribution >= 0.6 is 0 Å². The molecule has 0 aromatic heterocycles. The molecule has 23 nitrogen and oxygen atoms in total. The summed E-state index contributed by atoms with van der Waals surface area (Å²) >= 11 is 0. The van der Waals surface area contributed by atoms with E-state index < -0.39 is 84.4 Å². The summed E-state index contributed by atoms with van der Waals surface area (Å²) in [7, 11) is 9.32. The van der Waals surface area contributed by atoms with E-state index in [0.29, 0.717) is 11.1 Å². The monoisotopic (exact) mass is 987 g/mol. The predicted octanol–water partition coefficient (Wildman–Crippen LogP) is 2.71. The van der Waals surface area contributed by atoms with E-state index in [-0.39, 0.29) is 130 Å². The van der Waals surface area contributed by atoms with Crippen molar-refractivity contribution in [3.63, 3.8) is 0 Å². The first kappa shape index (κ1) is 54.2. The van der Waals surface area contributed by atoms with Crippen LogP contribution in [0.3, 0.4) is 0 Å². The van der Waals surface area contributed by atoms with Gasteiger partial charge < -0.3 is 43.1 Å². The van der Waals surface area contributed by atoms with Crippen LogP contribution in [0.25, 0.3) is 0 Å². The third-order valence-electron chi connectivity index (χ3n) is 11.8. The van der Waals surface area contributed by atoms with Crippen LogP contribution < -0.4 is 5.23 Å². The molecule has 378 valence electrons. The fourth-order valence-corrected chi connectivity index (χ4v) is 8.16. The first-order chi connectivity index (χ1) is 33.9. The topological polar surface area (TPSA) is 308 Å². The van der Waals surface area contributed by atoms with E-state index >= 15 is 0 Å². The highest BCUT2D eigenvalue weighted by Crippen LogP contribution is 2.42. The molecule has 0 aliphatic carbocycles. The molecule has 1 atom stereocenters. The van der Waals surface area contributed by atoms with Crippen LogP contribution in [-0.2, 0) is 76.3 Å². The van der Waals surface area contributed by atoms with Crippen LogP contribution in [0.4, 0.5) is 0 Å². The molecule has 0 aromatic carbocycles. The van der Waals surface area contributed by atoms with Crippen molar-refractivity contribution in [1.29, 1.82) is 0 Å². The summed E-state index contributed by atoms with van der Waals surface area (Å²) in [5.74, 6) is -5.67. The maximum atomic E-state index is 14.0. The van der Waals surface area contributed by atoms with Crippen molar-refractivity contribution in [2.24, 2.45) is 20.0 Å². The number of nitrogens with one attached hydrogen (secondary N) is 1. The standard InChI is InChI=1S/C48H53N5O18/c1-64-38(54)13-9-24-29(18-43(59)69-6)36-23-34-26(11-15-40(56)66-3)31(20-45(61)71-8)47(51-34)48(53(62)63)46-27(12-16-41(57)67-4)30(19-44(60)70-7)37(52-46)22-33-25(10-14-39(55)65-2)28(17-42(58)68-5)35(50-33)21-32(24)49-36/h21-23,53,62H,9-20H2,1-8H3. The molecule has 5 aliphatic rings. The Morgan fingerprint density at radius 1 is 0.408 bits per heavy atom. The van der Waals surface area contributed by atoms with E-state index in [1.807, 2.05) is 0 Å². The lowest BCUT2D eigenvalue weighted by Gasteiger charge is -2.20. The molecule has 71 heavy (non-hydrogen) atoms. The van der Waals surface area contributed by atoms with Gasteiger partial charge in [0, 0.05) is 31.3 Å². The highest BCUT2D eigenvalue weighted by molar-refractivity contribution is 6.23. The van der Waals surface area contributed by atoms with Gasteiger partial charge in [-0.15, -0.1) is 0 Å². The molecule has 0 saturated carbocycles. The Morgan fingerprint density at radius 2 is 0.690 bits per heavy atom. The van der Waals surface area contributed by atoms with Gasteiger partial charge in [0.05, 0.1) is 117 Å². The van der Waals surface area contributed by atoms with Crippen molar-refractivity contribution >= 4 is 70.6 Å². The molecule has 5 rings (SSSR count). The van der Waals surface area contributed by atoms with Crippen molar-refractivity contribution in [2.75, 3.05) is 56.9 Å². The lowest BCUT2D eigenvalue weighted by atomic mass is 9.91. The van der Waals surface area contributed by atoms with Crippen molar-refractivity contribution in [3.05, 3.63) is 96.5 Å². The third-order valence-corrected chi connectivity index (χ3v) is 11.8. The maximum Gasteiger partial charge on any atom is 0.310 e. The molecule has 0 aromatic rings. The Kier molecular flexibility index (Phi) is 18.8. The molecule has 0 saturated heterocycles. The number of methoxy groups -OCH3 is 8. The Morgan fingerprint density at radius 3 is 1.03 bits per heavy atom. The highest BCUT2D eigenvalue weighted by Gasteiger charge is 2.39. The van der Waals surface area contributed by atoms with E-state index in [0.717, 1.165) is 21.3 Å². The van der Waals surface area contributed by atoms with E-state index in [4.69, 9.17) is 57.9 Å². The summed E-state index contributed by atoms with van der Waals surface area (Å²) in [6, 6.07) is 0. The summed E-state index contributed by atoms with van der Waals surface area (Å²) in [4.78, 5) is 124. The van der Waals surface area contributed by atoms with Gasteiger partial charge in [-0.2, -0.15) is 5.23 Å². The predicted molar refractivity (Wildman–Crippen MR) is 247 cm³/mol. The number of rotatable bonds is 21. The molecule has 5 aliphatic heterocycles. The van der Waals surface area contributed by atoms with E-state index in [1.54, 1.807) is 0 Å². The lowest BCUT2D eigenvalue weighted by molar-refractivity contribution is -1.01. The van der Waals surface area contributed by atoms with Crippen LogP contribution in [0.5, 0.6) is 0 Å². The number of aliphatic imine (C=N–C) groups is 4. The van der Waals surface area contributed by atoms with Gasteiger partial charge in [0.1, 0.15) is 11.4 Å². The zero-order chi connectivity index (χ0) is 52.1.